The number of alkyl halides is 1. The van der Waals surface area contributed by atoms with Crippen molar-refractivity contribution in [3.05, 3.63) is 22.6 Å². The van der Waals surface area contributed by atoms with Gasteiger partial charge in [-0.05, 0) is 34.3 Å². The monoisotopic (exact) mass is 305 g/mol. The quantitative estimate of drug-likeness (QED) is 0.747. The zero-order valence-corrected chi connectivity index (χ0v) is 11.3. The molecular weight excluding hydrogens is 293 g/mol. The van der Waals surface area contributed by atoms with E-state index in [9.17, 15) is 4.79 Å². The Morgan fingerprint density at radius 2 is 2.44 bits per heavy atom. The van der Waals surface area contributed by atoms with Crippen LogP contribution in [0.4, 0.5) is 0 Å². The fourth-order valence-corrected chi connectivity index (χ4v) is 2.53. The van der Waals surface area contributed by atoms with Crippen molar-refractivity contribution < 1.29 is 9.21 Å². The molecule has 1 aliphatic rings. The fraction of sp³-hybridized carbons (Fsp3) is 0.545. The van der Waals surface area contributed by atoms with E-state index in [0.29, 0.717) is 22.7 Å². The highest BCUT2D eigenvalue weighted by Crippen LogP contribution is 2.25. The van der Waals surface area contributed by atoms with E-state index in [1.807, 2.05) is 0 Å². The first-order chi connectivity index (χ1) is 7.59. The van der Waals surface area contributed by atoms with Gasteiger partial charge in [-0.3, -0.25) is 4.79 Å². The number of halogens is 2. The summed E-state index contributed by atoms with van der Waals surface area (Å²) in [7, 11) is 0. The van der Waals surface area contributed by atoms with Crippen LogP contribution in [0.5, 0.6) is 0 Å². The molecule has 5 heteroatoms. The van der Waals surface area contributed by atoms with E-state index in [2.05, 4.69) is 22.9 Å². The molecule has 0 bridgehead atoms. The maximum Gasteiger partial charge on any atom is 0.258 e. The Morgan fingerprint density at radius 1 is 1.69 bits per heavy atom. The van der Waals surface area contributed by atoms with Crippen molar-refractivity contribution in [2.75, 3.05) is 13.1 Å². The molecule has 3 nitrogen and oxygen atoms in total. The molecule has 1 aliphatic heterocycles. The second kappa shape index (κ2) is 4.80. The summed E-state index contributed by atoms with van der Waals surface area (Å²) in [5, 5.41) is 0.0448. The molecule has 0 radical (unpaired) electrons. The number of carbonyl (C=O) groups excluding carboxylic acids is 1. The van der Waals surface area contributed by atoms with Crippen molar-refractivity contribution in [2.24, 2.45) is 5.92 Å². The molecule has 1 aromatic heterocycles. The highest BCUT2D eigenvalue weighted by molar-refractivity contribution is 9.10. The van der Waals surface area contributed by atoms with Crippen LogP contribution < -0.4 is 0 Å². The highest BCUT2D eigenvalue weighted by Gasteiger charge is 2.29. The lowest BCUT2D eigenvalue weighted by atomic mass is 9.98. The minimum absolute atomic E-state index is 0.0156. The number of piperidine rings is 1. The predicted octanol–water partition coefficient (Wildman–Crippen LogP) is 3.13. The Balaban J connectivity index is 2.09. The average molecular weight is 307 g/mol. The number of carbonyl (C=O) groups is 1. The third-order valence-electron chi connectivity index (χ3n) is 3.00. The molecule has 88 valence electrons. The lowest BCUT2D eigenvalue weighted by Gasteiger charge is -2.33. The minimum Gasteiger partial charge on any atom is -0.457 e. The summed E-state index contributed by atoms with van der Waals surface area (Å²) in [4.78, 5) is 13.9. The molecule has 0 N–H and O–H groups in total. The number of furan rings is 1. The Labute approximate surface area is 108 Å². The normalized spacial score (nSPS) is 25.8. The van der Waals surface area contributed by atoms with Gasteiger partial charge in [-0.15, -0.1) is 11.6 Å². The van der Waals surface area contributed by atoms with Crippen LogP contribution >= 0.6 is 27.5 Å². The summed E-state index contributed by atoms with van der Waals surface area (Å²) in [6.07, 6.45) is 2.46. The predicted molar refractivity (Wildman–Crippen MR) is 65.7 cm³/mol. The number of hydrogen-bond acceptors (Lipinski definition) is 2. The molecule has 2 rings (SSSR count). The maximum absolute atomic E-state index is 12.1. The standard InChI is InChI=1S/C11H13BrClNO2/c1-7-2-4-14(6-9(7)13)11(15)8-3-5-16-10(8)12/h3,5,7,9H,2,4,6H2,1H3. The third kappa shape index (κ3) is 2.28. The number of rotatable bonds is 1. The first-order valence-electron chi connectivity index (χ1n) is 5.26. The summed E-state index contributed by atoms with van der Waals surface area (Å²) >= 11 is 9.39. The molecule has 2 atom stereocenters. The third-order valence-corrected chi connectivity index (χ3v) is 4.18. The zero-order chi connectivity index (χ0) is 11.7. The van der Waals surface area contributed by atoms with Crippen LogP contribution in [0, 0.1) is 5.92 Å². The molecule has 1 amide bonds. The Hall–Kier alpha value is -0.480. The average Bonchev–Trinajstić information content (AvgIpc) is 2.67. The van der Waals surface area contributed by atoms with Crippen LogP contribution in [-0.2, 0) is 0 Å². The summed E-state index contributed by atoms with van der Waals surface area (Å²) in [5.74, 6) is 0.455. The van der Waals surface area contributed by atoms with Gasteiger partial charge in [0.2, 0.25) is 0 Å². The molecule has 2 heterocycles. The highest BCUT2D eigenvalue weighted by atomic mass is 79.9. The topological polar surface area (TPSA) is 33.5 Å². The first-order valence-corrected chi connectivity index (χ1v) is 6.49. The SMILES string of the molecule is CC1CCN(C(=O)c2ccoc2Br)CC1Cl. The minimum atomic E-state index is -0.0156. The smallest absolute Gasteiger partial charge is 0.258 e. The van der Waals surface area contributed by atoms with Gasteiger partial charge in [0.1, 0.15) is 0 Å². The number of hydrogen-bond donors (Lipinski definition) is 0. The van der Waals surface area contributed by atoms with Crippen LogP contribution in [0.2, 0.25) is 0 Å². The van der Waals surface area contributed by atoms with Crippen molar-refractivity contribution in [1.82, 2.24) is 4.90 Å². The van der Waals surface area contributed by atoms with Gasteiger partial charge in [-0.2, -0.15) is 0 Å². The van der Waals surface area contributed by atoms with E-state index in [1.165, 1.54) is 6.26 Å². The van der Waals surface area contributed by atoms with Crippen LogP contribution in [0.3, 0.4) is 0 Å². The van der Waals surface area contributed by atoms with Gasteiger partial charge in [0, 0.05) is 13.1 Å². The lowest BCUT2D eigenvalue weighted by Crippen LogP contribution is -2.43. The Kier molecular flexibility index (Phi) is 3.60. The molecule has 1 aromatic rings. The van der Waals surface area contributed by atoms with Gasteiger partial charge in [0.05, 0.1) is 17.2 Å². The molecule has 16 heavy (non-hydrogen) atoms. The molecule has 0 spiro atoms. The second-order valence-electron chi connectivity index (χ2n) is 4.14. The van der Waals surface area contributed by atoms with Crippen LogP contribution in [0.25, 0.3) is 0 Å². The van der Waals surface area contributed by atoms with Crippen molar-refractivity contribution in [3.63, 3.8) is 0 Å². The summed E-state index contributed by atoms with van der Waals surface area (Å²) in [6.45, 7) is 3.49. The van der Waals surface area contributed by atoms with Gasteiger partial charge in [-0.25, -0.2) is 0 Å². The van der Waals surface area contributed by atoms with E-state index < -0.39 is 0 Å². The van der Waals surface area contributed by atoms with Gasteiger partial charge in [0.25, 0.3) is 5.91 Å². The van der Waals surface area contributed by atoms with Gasteiger partial charge < -0.3 is 9.32 Å². The fourth-order valence-electron chi connectivity index (χ4n) is 1.82. The summed E-state index contributed by atoms with van der Waals surface area (Å²) < 4.78 is 5.55. The molecule has 0 saturated carbocycles. The lowest BCUT2D eigenvalue weighted by molar-refractivity contribution is 0.0699. The molecule has 0 aromatic carbocycles. The number of amides is 1. The first kappa shape index (κ1) is 12.0. The summed E-state index contributed by atoms with van der Waals surface area (Å²) in [6, 6.07) is 1.67. The van der Waals surface area contributed by atoms with Crippen molar-refractivity contribution in [2.45, 2.75) is 18.7 Å². The molecular formula is C11H13BrClNO2. The van der Waals surface area contributed by atoms with Crippen molar-refractivity contribution in [1.29, 1.82) is 0 Å². The zero-order valence-electron chi connectivity index (χ0n) is 8.95. The van der Waals surface area contributed by atoms with E-state index in [0.717, 1.165) is 13.0 Å². The largest absolute Gasteiger partial charge is 0.457 e. The number of nitrogens with zero attached hydrogens (tertiary/aromatic N) is 1. The molecule has 1 saturated heterocycles. The van der Waals surface area contributed by atoms with Crippen LogP contribution in [0.15, 0.2) is 21.4 Å². The molecule has 1 fully saturated rings. The van der Waals surface area contributed by atoms with E-state index in [-0.39, 0.29) is 11.3 Å². The summed E-state index contributed by atoms with van der Waals surface area (Å²) in [5.41, 5.74) is 0.568. The van der Waals surface area contributed by atoms with E-state index in [4.69, 9.17) is 16.0 Å². The Morgan fingerprint density at radius 3 is 3.00 bits per heavy atom. The maximum atomic E-state index is 12.1. The second-order valence-corrected chi connectivity index (χ2v) is 5.42. The van der Waals surface area contributed by atoms with Gasteiger partial charge in [0.15, 0.2) is 4.67 Å². The van der Waals surface area contributed by atoms with E-state index >= 15 is 0 Å². The van der Waals surface area contributed by atoms with Gasteiger partial charge in [-0.1, -0.05) is 6.92 Å². The van der Waals surface area contributed by atoms with Crippen LogP contribution in [0.1, 0.15) is 23.7 Å². The van der Waals surface area contributed by atoms with Crippen molar-refractivity contribution >= 4 is 33.4 Å². The van der Waals surface area contributed by atoms with E-state index in [1.54, 1.807) is 11.0 Å². The molecule has 0 aliphatic carbocycles. The van der Waals surface area contributed by atoms with Crippen molar-refractivity contribution in [3.8, 4) is 0 Å². The molecule has 2 unspecified atom stereocenters. The Bertz CT molecular complexity index is 393. The van der Waals surface area contributed by atoms with Gasteiger partial charge >= 0.3 is 0 Å². The number of likely N-dealkylation sites (tertiary alicyclic amines) is 1. The van der Waals surface area contributed by atoms with Crippen LogP contribution in [-0.4, -0.2) is 29.3 Å².